The number of nitrogens with zero attached hydrogens (tertiary/aromatic N) is 4. The monoisotopic (exact) mass is 365 g/mol. The molecular formula is C20H23N5O2. The summed E-state index contributed by atoms with van der Waals surface area (Å²) >= 11 is 0. The molecule has 2 aromatic heterocycles. The van der Waals surface area contributed by atoms with Crippen molar-refractivity contribution < 1.29 is 9.59 Å². The van der Waals surface area contributed by atoms with Crippen molar-refractivity contribution in [2.45, 2.75) is 19.9 Å². The molecule has 1 aromatic carbocycles. The van der Waals surface area contributed by atoms with Gasteiger partial charge in [0.2, 0.25) is 0 Å². The summed E-state index contributed by atoms with van der Waals surface area (Å²) in [4.78, 5) is 36.2. The van der Waals surface area contributed by atoms with E-state index in [0.29, 0.717) is 43.3 Å². The van der Waals surface area contributed by atoms with Crippen LogP contribution in [0.4, 0.5) is 0 Å². The lowest BCUT2D eigenvalue weighted by atomic mass is 10.1. The summed E-state index contributed by atoms with van der Waals surface area (Å²) in [5.74, 6) is -0.00580. The van der Waals surface area contributed by atoms with Crippen molar-refractivity contribution in [2.24, 2.45) is 0 Å². The van der Waals surface area contributed by atoms with Gasteiger partial charge in [0.25, 0.3) is 11.8 Å². The van der Waals surface area contributed by atoms with Gasteiger partial charge in [-0.05, 0) is 38.1 Å². The third-order valence-electron chi connectivity index (χ3n) is 5.08. The number of hydrogen-bond acceptors (Lipinski definition) is 3. The second-order valence-electron chi connectivity index (χ2n) is 7.13. The van der Waals surface area contributed by atoms with Gasteiger partial charge in [0.1, 0.15) is 0 Å². The average Bonchev–Trinajstić information content (AvgIpc) is 3.36. The Bertz CT molecular complexity index is 966. The van der Waals surface area contributed by atoms with Crippen LogP contribution in [0.2, 0.25) is 0 Å². The van der Waals surface area contributed by atoms with Gasteiger partial charge in [-0.1, -0.05) is 0 Å². The molecule has 0 saturated carbocycles. The van der Waals surface area contributed by atoms with Crippen LogP contribution < -0.4 is 0 Å². The van der Waals surface area contributed by atoms with E-state index in [-0.39, 0.29) is 11.8 Å². The Morgan fingerprint density at radius 3 is 2.26 bits per heavy atom. The number of piperazine rings is 1. The first-order valence-corrected chi connectivity index (χ1v) is 9.22. The predicted octanol–water partition coefficient (Wildman–Crippen LogP) is 2.54. The van der Waals surface area contributed by atoms with Gasteiger partial charge in [-0.25, -0.2) is 4.98 Å². The molecule has 0 aliphatic carbocycles. The third-order valence-corrected chi connectivity index (χ3v) is 5.08. The molecule has 1 aliphatic heterocycles. The molecular weight excluding hydrogens is 342 g/mol. The molecule has 0 atom stereocenters. The van der Waals surface area contributed by atoms with E-state index in [1.54, 1.807) is 23.4 Å². The minimum atomic E-state index is -0.00950. The number of hydrogen-bond donors (Lipinski definition) is 1. The SMILES string of the molecule is CC(C)n1cnc2cc(C(=O)N3CCN(C(=O)c4cc[nH]c4)CC3)ccc21. The highest BCUT2D eigenvalue weighted by Gasteiger charge is 2.26. The lowest BCUT2D eigenvalue weighted by Crippen LogP contribution is -2.50. The Balaban J connectivity index is 1.45. The van der Waals surface area contributed by atoms with Gasteiger partial charge in [-0.15, -0.1) is 0 Å². The number of carbonyl (C=O) groups excluding carboxylic acids is 2. The summed E-state index contributed by atoms with van der Waals surface area (Å²) in [5, 5.41) is 0. The highest BCUT2D eigenvalue weighted by molar-refractivity contribution is 5.98. The number of amides is 2. The molecule has 3 aromatic rings. The van der Waals surface area contributed by atoms with Gasteiger partial charge in [0.05, 0.1) is 22.9 Å². The maximum absolute atomic E-state index is 12.9. The quantitative estimate of drug-likeness (QED) is 0.775. The first-order chi connectivity index (χ1) is 13.0. The van der Waals surface area contributed by atoms with E-state index >= 15 is 0 Å². The van der Waals surface area contributed by atoms with Crippen molar-refractivity contribution in [3.8, 4) is 0 Å². The molecule has 0 unspecified atom stereocenters. The Morgan fingerprint density at radius 2 is 1.67 bits per heavy atom. The van der Waals surface area contributed by atoms with E-state index < -0.39 is 0 Å². The molecule has 1 N–H and O–H groups in total. The van der Waals surface area contributed by atoms with Crippen LogP contribution in [0.3, 0.4) is 0 Å². The molecule has 4 rings (SSSR count). The van der Waals surface area contributed by atoms with Crippen molar-refractivity contribution in [1.82, 2.24) is 24.3 Å². The van der Waals surface area contributed by atoms with Crippen molar-refractivity contribution in [3.05, 3.63) is 54.1 Å². The van der Waals surface area contributed by atoms with Crippen LogP contribution in [0.5, 0.6) is 0 Å². The van der Waals surface area contributed by atoms with Crippen LogP contribution >= 0.6 is 0 Å². The summed E-state index contributed by atoms with van der Waals surface area (Å²) in [6.45, 7) is 6.36. The predicted molar refractivity (Wildman–Crippen MR) is 103 cm³/mol. The first-order valence-electron chi connectivity index (χ1n) is 9.22. The number of nitrogens with one attached hydrogen (secondary N) is 1. The van der Waals surface area contributed by atoms with E-state index in [9.17, 15) is 9.59 Å². The first kappa shape index (κ1) is 17.3. The summed E-state index contributed by atoms with van der Waals surface area (Å²) in [6, 6.07) is 7.77. The zero-order chi connectivity index (χ0) is 19.0. The summed E-state index contributed by atoms with van der Waals surface area (Å²) in [6.07, 6.45) is 5.25. The maximum Gasteiger partial charge on any atom is 0.255 e. The summed E-state index contributed by atoms with van der Waals surface area (Å²) < 4.78 is 2.09. The van der Waals surface area contributed by atoms with Crippen molar-refractivity contribution in [2.75, 3.05) is 26.2 Å². The smallest absolute Gasteiger partial charge is 0.255 e. The van der Waals surface area contributed by atoms with E-state index in [0.717, 1.165) is 11.0 Å². The number of fused-ring (bicyclic) bond motifs is 1. The van der Waals surface area contributed by atoms with Crippen LogP contribution in [0.1, 0.15) is 40.6 Å². The Hall–Kier alpha value is -3.09. The molecule has 7 nitrogen and oxygen atoms in total. The second kappa shape index (κ2) is 6.90. The fraction of sp³-hybridized carbons (Fsp3) is 0.350. The highest BCUT2D eigenvalue weighted by Crippen LogP contribution is 2.20. The van der Waals surface area contributed by atoms with E-state index in [1.165, 1.54) is 0 Å². The molecule has 0 radical (unpaired) electrons. The molecule has 140 valence electrons. The number of aromatic nitrogens is 3. The zero-order valence-corrected chi connectivity index (χ0v) is 15.6. The van der Waals surface area contributed by atoms with Gasteiger partial charge >= 0.3 is 0 Å². The second-order valence-corrected chi connectivity index (χ2v) is 7.13. The van der Waals surface area contributed by atoms with E-state index in [1.807, 2.05) is 29.4 Å². The largest absolute Gasteiger partial charge is 0.367 e. The fourth-order valence-corrected chi connectivity index (χ4v) is 3.51. The molecule has 0 spiro atoms. The topological polar surface area (TPSA) is 74.2 Å². The average molecular weight is 365 g/mol. The number of imidazole rings is 1. The molecule has 3 heterocycles. The standard InChI is InChI=1S/C20H23N5O2/c1-14(2)25-13-22-17-11-15(3-4-18(17)25)19(26)23-7-9-24(10-8-23)20(27)16-5-6-21-12-16/h3-6,11-14,21H,7-10H2,1-2H3. The number of H-pyrrole nitrogens is 1. The third kappa shape index (κ3) is 3.20. The van der Waals surface area contributed by atoms with Gasteiger partial charge in [0, 0.05) is 50.2 Å². The molecule has 0 bridgehead atoms. The Morgan fingerprint density at radius 1 is 1.00 bits per heavy atom. The number of carbonyl (C=O) groups is 2. The van der Waals surface area contributed by atoms with Gasteiger partial charge < -0.3 is 19.4 Å². The maximum atomic E-state index is 12.9. The van der Waals surface area contributed by atoms with Crippen LogP contribution in [-0.4, -0.2) is 62.3 Å². The molecule has 27 heavy (non-hydrogen) atoms. The van der Waals surface area contributed by atoms with Gasteiger partial charge in [-0.2, -0.15) is 0 Å². The Kier molecular flexibility index (Phi) is 4.43. The molecule has 7 heteroatoms. The van der Waals surface area contributed by atoms with Crippen molar-refractivity contribution in [3.63, 3.8) is 0 Å². The van der Waals surface area contributed by atoms with Crippen LogP contribution in [0.15, 0.2) is 43.0 Å². The van der Waals surface area contributed by atoms with Gasteiger partial charge in [0.15, 0.2) is 0 Å². The molecule has 2 amide bonds. The molecule has 1 aliphatic rings. The zero-order valence-electron chi connectivity index (χ0n) is 15.6. The molecule has 1 fully saturated rings. The van der Waals surface area contributed by atoms with Gasteiger partial charge in [-0.3, -0.25) is 9.59 Å². The van der Waals surface area contributed by atoms with Crippen molar-refractivity contribution >= 4 is 22.8 Å². The van der Waals surface area contributed by atoms with E-state index in [2.05, 4.69) is 28.4 Å². The molecule has 1 saturated heterocycles. The van der Waals surface area contributed by atoms with Crippen LogP contribution in [-0.2, 0) is 0 Å². The fourth-order valence-electron chi connectivity index (χ4n) is 3.51. The summed E-state index contributed by atoms with van der Waals surface area (Å²) in [5.41, 5.74) is 3.15. The Labute approximate surface area is 157 Å². The normalized spacial score (nSPS) is 14.9. The minimum absolute atomic E-state index is 0.00370. The summed E-state index contributed by atoms with van der Waals surface area (Å²) in [7, 11) is 0. The number of aromatic amines is 1. The van der Waals surface area contributed by atoms with Crippen molar-refractivity contribution in [1.29, 1.82) is 0 Å². The highest BCUT2D eigenvalue weighted by atomic mass is 16.2. The lowest BCUT2D eigenvalue weighted by molar-refractivity contribution is 0.0535. The number of benzene rings is 1. The number of rotatable bonds is 3. The van der Waals surface area contributed by atoms with Crippen LogP contribution in [0.25, 0.3) is 11.0 Å². The van der Waals surface area contributed by atoms with Crippen LogP contribution in [0, 0.1) is 0 Å². The van der Waals surface area contributed by atoms with E-state index in [4.69, 9.17) is 0 Å². The minimum Gasteiger partial charge on any atom is -0.367 e. The lowest BCUT2D eigenvalue weighted by Gasteiger charge is -2.34.